The smallest absolute Gasteiger partial charge is 0.331 e. The van der Waals surface area contributed by atoms with E-state index in [0.29, 0.717) is 0 Å². The summed E-state index contributed by atoms with van der Waals surface area (Å²) < 4.78 is 0. The van der Waals surface area contributed by atoms with Crippen molar-refractivity contribution in [2.45, 2.75) is 12.8 Å². The molecule has 2 N–H and O–H groups in total. The van der Waals surface area contributed by atoms with Crippen LogP contribution in [-0.2, 0) is 9.63 Å². The summed E-state index contributed by atoms with van der Waals surface area (Å²) in [6, 6.07) is 3.50. The Labute approximate surface area is 70.3 Å². The zero-order chi connectivity index (χ0) is 8.97. The van der Waals surface area contributed by atoms with E-state index < -0.39 is 5.97 Å². The van der Waals surface area contributed by atoms with Crippen molar-refractivity contribution >= 4 is 5.97 Å². The van der Waals surface area contributed by atoms with E-state index in [0.717, 1.165) is 5.56 Å². The van der Waals surface area contributed by atoms with E-state index in [4.69, 9.17) is 5.90 Å². The maximum absolute atomic E-state index is 10.9. The Kier molecular flexibility index (Phi) is 2.76. The fourth-order valence-corrected chi connectivity index (χ4v) is 0.890. The summed E-state index contributed by atoms with van der Waals surface area (Å²) >= 11 is 0. The van der Waals surface area contributed by atoms with Crippen molar-refractivity contribution in [3.8, 4) is 0 Å². The quantitative estimate of drug-likeness (QED) is 0.653. The largest absolute Gasteiger partial charge is 0.373 e. The molecule has 1 heterocycles. The fraction of sp³-hybridized carbons (Fsp3) is 0.250. The van der Waals surface area contributed by atoms with Crippen LogP contribution >= 0.6 is 0 Å². The van der Waals surface area contributed by atoms with E-state index in [9.17, 15) is 4.79 Å². The molecule has 1 atom stereocenters. The number of pyridine rings is 1. The molecule has 4 nitrogen and oxygen atoms in total. The van der Waals surface area contributed by atoms with Gasteiger partial charge in [0.1, 0.15) is 0 Å². The predicted molar refractivity (Wildman–Crippen MR) is 42.9 cm³/mol. The van der Waals surface area contributed by atoms with Crippen LogP contribution in [0.15, 0.2) is 24.5 Å². The van der Waals surface area contributed by atoms with Crippen LogP contribution in [0.2, 0.25) is 0 Å². The first kappa shape index (κ1) is 8.67. The Balaban J connectivity index is 2.78. The molecule has 0 spiro atoms. The summed E-state index contributed by atoms with van der Waals surface area (Å²) in [7, 11) is 0. The molecular weight excluding hydrogens is 156 g/mol. The first-order valence-electron chi connectivity index (χ1n) is 3.56. The molecule has 0 amide bonds. The highest BCUT2D eigenvalue weighted by molar-refractivity contribution is 5.77. The van der Waals surface area contributed by atoms with E-state index in [1.807, 2.05) is 0 Å². The highest BCUT2D eigenvalue weighted by Gasteiger charge is 2.15. The SMILES string of the molecule is CC(C(=O)ON)c1ccncc1. The number of hydrogen-bond donors (Lipinski definition) is 1. The van der Waals surface area contributed by atoms with Gasteiger partial charge in [0.2, 0.25) is 0 Å². The highest BCUT2D eigenvalue weighted by Crippen LogP contribution is 2.14. The minimum Gasteiger partial charge on any atom is -0.373 e. The Morgan fingerprint density at radius 1 is 1.58 bits per heavy atom. The van der Waals surface area contributed by atoms with Crippen LogP contribution in [0.5, 0.6) is 0 Å². The molecule has 0 aromatic carbocycles. The van der Waals surface area contributed by atoms with Crippen molar-refractivity contribution in [1.29, 1.82) is 0 Å². The molecule has 0 fully saturated rings. The van der Waals surface area contributed by atoms with Gasteiger partial charge in [-0.3, -0.25) is 4.98 Å². The van der Waals surface area contributed by atoms with Gasteiger partial charge in [-0.25, -0.2) is 4.79 Å². The normalized spacial score (nSPS) is 12.2. The summed E-state index contributed by atoms with van der Waals surface area (Å²) in [6.45, 7) is 1.73. The zero-order valence-electron chi connectivity index (χ0n) is 6.73. The molecule has 1 rings (SSSR count). The molecule has 0 saturated carbocycles. The van der Waals surface area contributed by atoms with Gasteiger partial charge in [-0.1, -0.05) is 0 Å². The average molecular weight is 166 g/mol. The third kappa shape index (κ3) is 1.79. The Bertz CT molecular complexity index is 261. The van der Waals surface area contributed by atoms with E-state index in [1.165, 1.54) is 0 Å². The molecule has 0 aliphatic heterocycles. The highest BCUT2D eigenvalue weighted by atomic mass is 16.7. The average Bonchev–Trinajstić information content (AvgIpc) is 2.17. The van der Waals surface area contributed by atoms with Crippen molar-refractivity contribution in [3.05, 3.63) is 30.1 Å². The number of hydrogen-bond acceptors (Lipinski definition) is 4. The standard InChI is InChI=1S/C8H10N2O2/c1-6(8(11)12-9)7-2-4-10-5-3-7/h2-6H,9H2,1H3. The molecular formula is C8H10N2O2. The number of nitrogens with zero attached hydrogens (tertiary/aromatic N) is 1. The molecule has 1 unspecified atom stereocenters. The maximum atomic E-state index is 10.9. The number of aromatic nitrogens is 1. The lowest BCUT2D eigenvalue weighted by atomic mass is 10.0. The summed E-state index contributed by atoms with van der Waals surface area (Å²) in [5.74, 6) is 3.97. The fourth-order valence-electron chi connectivity index (χ4n) is 0.890. The van der Waals surface area contributed by atoms with Gasteiger partial charge in [0, 0.05) is 12.4 Å². The van der Waals surface area contributed by atoms with Crippen LogP contribution in [0.25, 0.3) is 0 Å². The predicted octanol–water partition coefficient (Wildman–Crippen LogP) is 0.602. The lowest BCUT2D eigenvalue weighted by Gasteiger charge is -2.06. The van der Waals surface area contributed by atoms with Crippen molar-refractivity contribution in [3.63, 3.8) is 0 Å². The van der Waals surface area contributed by atoms with Crippen LogP contribution in [0, 0.1) is 0 Å². The van der Waals surface area contributed by atoms with E-state index >= 15 is 0 Å². The van der Waals surface area contributed by atoms with Gasteiger partial charge in [0.15, 0.2) is 0 Å². The second-order valence-electron chi connectivity index (χ2n) is 2.44. The van der Waals surface area contributed by atoms with E-state index in [2.05, 4.69) is 9.82 Å². The number of nitrogens with two attached hydrogens (primary N) is 1. The molecule has 4 heteroatoms. The van der Waals surface area contributed by atoms with Gasteiger partial charge in [-0.2, -0.15) is 5.90 Å². The van der Waals surface area contributed by atoms with E-state index in [1.54, 1.807) is 31.5 Å². The van der Waals surface area contributed by atoms with Crippen molar-refractivity contribution in [1.82, 2.24) is 4.98 Å². The third-order valence-electron chi connectivity index (χ3n) is 1.68. The first-order valence-corrected chi connectivity index (χ1v) is 3.56. The van der Waals surface area contributed by atoms with Crippen LogP contribution in [-0.4, -0.2) is 11.0 Å². The Hall–Kier alpha value is -1.42. The topological polar surface area (TPSA) is 65.2 Å². The van der Waals surface area contributed by atoms with Crippen LogP contribution in [0.3, 0.4) is 0 Å². The second-order valence-corrected chi connectivity index (χ2v) is 2.44. The Morgan fingerprint density at radius 3 is 2.67 bits per heavy atom. The molecule has 0 saturated heterocycles. The number of rotatable bonds is 2. The molecule has 0 aliphatic carbocycles. The molecule has 64 valence electrons. The second kappa shape index (κ2) is 3.82. The summed E-state index contributed by atoms with van der Waals surface area (Å²) in [4.78, 5) is 18.9. The molecule has 0 aliphatic rings. The zero-order valence-corrected chi connectivity index (χ0v) is 6.73. The summed E-state index contributed by atoms with van der Waals surface area (Å²) in [6.07, 6.45) is 3.24. The monoisotopic (exact) mass is 166 g/mol. The molecule has 0 bridgehead atoms. The van der Waals surface area contributed by atoms with Gasteiger partial charge in [-0.15, -0.1) is 0 Å². The lowest BCUT2D eigenvalue weighted by molar-refractivity contribution is -0.145. The lowest BCUT2D eigenvalue weighted by Crippen LogP contribution is -2.16. The summed E-state index contributed by atoms with van der Waals surface area (Å²) in [5.41, 5.74) is 0.848. The third-order valence-corrected chi connectivity index (χ3v) is 1.68. The molecule has 1 aromatic heterocycles. The van der Waals surface area contributed by atoms with Crippen LogP contribution in [0.4, 0.5) is 0 Å². The first-order chi connectivity index (χ1) is 5.75. The minimum absolute atomic E-state index is 0.335. The van der Waals surface area contributed by atoms with E-state index in [-0.39, 0.29) is 5.92 Å². The van der Waals surface area contributed by atoms with Gasteiger partial charge >= 0.3 is 5.97 Å². The number of carbonyl (C=O) groups is 1. The van der Waals surface area contributed by atoms with Gasteiger partial charge in [0.05, 0.1) is 5.92 Å². The van der Waals surface area contributed by atoms with Gasteiger partial charge in [0.25, 0.3) is 0 Å². The van der Waals surface area contributed by atoms with Gasteiger partial charge in [-0.05, 0) is 24.6 Å². The van der Waals surface area contributed by atoms with Crippen molar-refractivity contribution < 1.29 is 9.63 Å². The molecule has 1 aromatic rings. The molecule has 0 radical (unpaired) electrons. The van der Waals surface area contributed by atoms with Crippen molar-refractivity contribution in [2.75, 3.05) is 0 Å². The van der Waals surface area contributed by atoms with Crippen molar-refractivity contribution in [2.24, 2.45) is 5.90 Å². The van der Waals surface area contributed by atoms with Gasteiger partial charge < -0.3 is 4.84 Å². The Morgan fingerprint density at radius 2 is 2.17 bits per heavy atom. The summed E-state index contributed by atoms with van der Waals surface area (Å²) in [5, 5.41) is 0. The van der Waals surface area contributed by atoms with Crippen LogP contribution < -0.4 is 5.90 Å². The maximum Gasteiger partial charge on any atom is 0.331 e. The van der Waals surface area contributed by atoms with Crippen LogP contribution in [0.1, 0.15) is 18.4 Å². The minimum atomic E-state index is -0.443. The molecule has 12 heavy (non-hydrogen) atoms. The number of carbonyl (C=O) groups excluding carboxylic acids is 1.